The van der Waals surface area contributed by atoms with Gasteiger partial charge in [0.25, 0.3) is 11.8 Å². The third-order valence-corrected chi connectivity index (χ3v) is 4.59. The van der Waals surface area contributed by atoms with E-state index in [2.05, 4.69) is 27.0 Å². The van der Waals surface area contributed by atoms with Crippen LogP contribution in [0.5, 0.6) is 5.75 Å². The first kappa shape index (κ1) is 16.5. The molecule has 0 aliphatic carbocycles. The van der Waals surface area contributed by atoms with Crippen molar-refractivity contribution in [2.45, 2.75) is 6.04 Å². The van der Waals surface area contributed by atoms with Gasteiger partial charge < -0.3 is 20.3 Å². The van der Waals surface area contributed by atoms with Gasteiger partial charge in [-0.2, -0.15) is 11.3 Å². The molecule has 0 unspecified atom stereocenters. The van der Waals surface area contributed by atoms with E-state index in [9.17, 15) is 9.59 Å². The summed E-state index contributed by atoms with van der Waals surface area (Å²) < 4.78 is 5.35. The Morgan fingerprint density at radius 2 is 2.25 bits per heavy atom. The highest BCUT2D eigenvalue weighted by atomic mass is 32.1. The second-order valence-corrected chi connectivity index (χ2v) is 6.57. The second kappa shape index (κ2) is 7.02. The molecule has 1 aromatic heterocycles. The van der Waals surface area contributed by atoms with Crippen LogP contribution in [0, 0.1) is 0 Å². The Kier molecular flexibility index (Phi) is 4.82. The molecule has 126 valence electrons. The summed E-state index contributed by atoms with van der Waals surface area (Å²) in [5.41, 5.74) is 2.28. The average Bonchev–Trinajstić information content (AvgIpc) is 3.08. The zero-order chi connectivity index (χ0) is 17.1. The molecule has 2 aromatic rings. The van der Waals surface area contributed by atoms with Crippen LogP contribution in [0.4, 0.5) is 5.69 Å². The summed E-state index contributed by atoms with van der Waals surface area (Å²) in [6.07, 6.45) is 0. The van der Waals surface area contributed by atoms with Crippen molar-refractivity contribution in [1.82, 2.24) is 10.2 Å². The standard InChI is InChI=1S/C17H19N3O3S/c1-20(2)14(12-5-6-24-10-12)8-18-17(22)11-3-4-13-15(7-11)23-9-16(21)19-13/h3-7,10,14H,8-9H2,1-2H3,(H,18,22)(H,19,21)/t14-/m0/s1. The van der Waals surface area contributed by atoms with Crippen LogP contribution in [-0.2, 0) is 4.79 Å². The third kappa shape index (κ3) is 3.58. The van der Waals surface area contributed by atoms with Crippen molar-refractivity contribution >= 4 is 28.8 Å². The van der Waals surface area contributed by atoms with E-state index in [-0.39, 0.29) is 24.5 Å². The van der Waals surface area contributed by atoms with Crippen LogP contribution in [0.1, 0.15) is 22.0 Å². The van der Waals surface area contributed by atoms with Crippen LogP contribution in [0.15, 0.2) is 35.0 Å². The molecule has 0 radical (unpaired) electrons. The second-order valence-electron chi connectivity index (χ2n) is 5.79. The fourth-order valence-electron chi connectivity index (χ4n) is 2.57. The van der Waals surface area contributed by atoms with Gasteiger partial charge in [0.05, 0.1) is 11.7 Å². The molecule has 0 spiro atoms. The number of nitrogens with zero attached hydrogens (tertiary/aromatic N) is 1. The SMILES string of the molecule is CN(C)[C@@H](CNC(=O)c1ccc2c(c1)OCC(=O)N2)c1ccsc1. The zero-order valence-electron chi connectivity index (χ0n) is 13.5. The predicted octanol–water partition coefficient (Wildman–Crippen LogP) is 2.11. The monoisotopic (exact) mass is 345 g/mol. The van der Waals surface area contributed by atoms with Gasteiger partial charge in [0, 0.05) is 12.1 Å². The third-order valence-electron chi connectivity index (χ3n) is 3.88. The van der Waals surface area contributed by atoms with E-state index >= 15 is 0 Å². The maximum absolute atomic E-state index is 12.4. The Morgan fingerprint density at radius 3 is 2.96 bits per heavy atom. The number of fused-ring (bicyclic) bond motifs is 1. The van der Waals surface area contributed by atoms with E-state index in [0.29, 0.717) is 23.5 Å². The van der Waals surface area contributed by atoms with E-state index < -0.39 is 0 Å². The molecule has 0 bridgehead atoms. The lowest BCUT2D eigenvalue weighted by atomic mass is 10.1. The molecule has 0 saturated carbocycles. The van der Waals surface area contributed by atoms with Crippen molar-refractivity contribution in [1.29, 1.82) is 0 Å². The minimum atomic E-state index is -0.190. The number of likely N-dealkylation sites (N-methyl/N-ethyl adjacent to an activating group) is 1. The van der Waals surface area contributed by atoms with Crippen molar-refractivity contribution in [3.63, 3.8) is 0 Å². The molecule has 2 amide bonds. The maximum atomic E-state index is 12.4. The number of benzene rings is 1. The van der Waals surface area contributed by atoms with Crippen molar-refractivity contribution in [2.75, 3.05) is 32.6 Å². The fraction of sp³-hybridized carbons (Fsp3) is 0.294. The van der Waals surface area contributed by atoms with Gasteiger partial charge in [-0.3, -0.25) is 9.59 Å². The summed E-state index contributed by atoms with van der Waals surface area (Å²) in [5, 5.41) is 9.79. The molecule has 3 rings (SSSR count). The van der Waals surface area contributed by atoms with Gasteiger partial charge in [-0.25, -0.2) is 0 Å². The van der Waals surface area contributed by atoms with Gasteiger partial charge in [-0.05, 0) is 54.7 Å². The van der Waals surface area contributed by atoms with Gasteiger partial charge in [0.1, 0.15) is 5.75 Å². The number of nitrogens with one attached hydrogen (secondary N) is 2. The van der Waals surface area contributed by atoms with Crippen LogP contribution in [0.3, 0.4) is 0 Å². The van der Waals surface area contributed by atoms with Gasteiger partial charge in [-0.1, -0.05) is 0 Å². The maximum Gasteiger partial charge on any atom is 0.262 e. The van der Waals surface area contributed by atoms with E-state index in [0.717, 1.165) is 0 Å². The molecule has 0 saturated heterocycles. The van der Waals surface area contributed by atoms with E-state index in [1.165, 1.54) is 5.56 Å². The Bertz CT molecular complexity index is 744. The van der Waals surface area contributed by atoms with Gasteiger partial charge >= 0.3 is 0 Å². The summed E-state index contributed by atoms with van der Waals surface area (Å²) in [4.78, 5) is 25.8. The van der Waals surface area contributed by atoms with Crippen LogP contribution in [0.25, 0.3) is 0 Å². The average molecular weight is 345 g/mol. The molecule has 7 heteroatoms. The molecular weight excluding hydrogens is 326 g/mol. The lowest BCUT2D eigenvalue weighted by molar-refractivity contribution is -0.118. The minimum absolute atomic E-state index is 0.0288. The van der Waals surface area contributed by atoms with Crippen molar-refractivity contribution in [3.8, 4) is 5.75 Å². The Morgan fingerprint density at radius 1 is 1.42 bits per heavy atom. The number of carbonyl (C=O) groups is 2. The molecule has 1 aliphatic heterocycles. The number of hydrogen-bond acceptors (Lipinski definition) is 5. The summed E-state index contributed by atoms with van der Waals surface area (Å²) in [5.74, 6) is 0.161. The highest BCUT2D eigenvalue weighted by Crippen LogP contribution is 2.28. The van der Waals surface area contributed by atoms with Crippen LogP contribution in [0.2, 0.25) is 0 Å². The number of thiophene rings is 1. The first-order chi connectivity index (χ1) is 11.5. The topological polar surface area (TPSA) is 70.7 Å². The number of hydrogen-bond donors (Lipinski definition) is 2. The molecule has 24 heavy (non-hydrogen) atoms. The quantitative estimate of drug-likeness (QED) is 0.871. The predicted molar refractivity (Wildman–Crippen MR) is 93.6 cm³/mol. The normalized spacial score (nSPS) is 14.5. The molecular formula is C17H19N3O3S. The van der Waals surface area contributed by atoms with Crippen molar-refractivity contribution in [3.05, 3.63) is 46.2 Å². The van der Waals surface area contributed by atoms with E-state index in [1.807, 2.05) is 19.5 Å². The zero-order valence-corrected chi connectivity index (χ0v) is 14.4. The minimum Gasteiger partial charge on any atom is -0.482 e. The first-order valence-corrected chi connectivity index (χ1v) is 8.52. The van der Waals surface area contributed by atoms with Gasteiger partial charge in [0.2, 0.25) is 0 Å². The summed E-state index contributed by atoms with van der Waals surface area (Å²) in [6.45, 7) is 0.482. The van der Waals surface area contributed by atoms with Crippen LogP contribution in [-0.4, -0.2) is 44.0 Å². The molecule has 6 nitrogen and oxygen atoms in total. The summed E-state index contributed by atoms with van der Waals surface area (Å²) in [7, 11) is 3.98. The number of amides is 2. The van der Waals surface area contributed by atoms with Gasteiger partial charge in [0.15, 0.2) is 6.61 Å². The smallest absolute Gasteiger partial charge is 0.262 e. The lowest BCUT2D eigenvalue weighted by Crippen LogP contribution is -2.34. The largest absolute Gasteiger partial charge is 0.482 e. The van der Waals surface area contributed by atoms with E-state index in [4.69, 9.17) is 4.74 Å². The van der Waals surface area contributed by atoms with Crippen molar-refractivity contribution in [2.24, 2.45) is 0 Å². The van der Waals surface area contributed by atoms with E-state index in [1.54, 1.807) is 29.5 Å². The number of anilines is 1. The van der Waals surface area contributed by atoms with Crippen LogP contribution < -0.4 is 15.4 Å². The molecule has 0 fully saturated rings. The number of ether oxygens (including phenoxy) is 1. The highest BCUT2D eigenvalue weighted by molar-refractivity contribution is 7.07. The van der Waals surface area contributed by atoms with Crippen molar-refractivity contribution < 1.29 is 14.3 Å². The molecule has 1 atom stereocenters. The lowest BCUT2D eigenvalue weighted by Gasteiger charge is -2.24. The van der Waals surface area contributed by atoms with Crippen LogP contribution >= 0.6 is 11.3 Å². The molecule has 2 heterocycles. The summed E-state index contributed by atoms with van der Waals surface area (Å²) >= 11 is 1.64. The number of carbonyl (C=O) groups excluding carboxylic acids is 2. The molecule has 1 aliphatic rings. The van der Waals surface area contributed by atoms with Gasteiger partial charge in [-0.15, -0.1) is 0 Å². The Hall–Kier alpha value is -2.38. The molecule has 2 N–H and O–H groups in total. The summed E-state index contributed by atoms with van der Waals surface area (Å²) in [6, 6.07) is 7.20. The Labute approximate surface area is 144 Å². The highest BCUT2D eigenvalue weighted by Gasteiger charge is 2.19. The first-order valence-electron chi connectivity index (χ1n) is 7.58. The molecule has 1 aromatic carbocycles. The Balaban J connectivity index is 1.68. The number of rotatable bonds is 5. The fourth-order valence-corrected chi connectivity index (χ4v) is 3.28.